The highest BCUT2D eigenvalue weighted by molar-refractivity contribution is 9.10. The third-order valence-electron chi connectivity index (χ3n) is 5.58. The number of hydrogen-bond donors (Lipinski definition) is 1. The van der Waals surface area contributed by atoms with Crippen molar-refractivity contribution in [1.29, 1.82) is 5.26 Å². The lowest BCUT2D eigenvalue weighted by atomic mass is 10.1. The molecule has 5 heteroatoms. The third-order valence-corrected chi connectivity index (χ3v) is 6.11. The Morgan fingerprint density at radius 1 is 1.03 bits per heavy atom. The number of hydrogen-bond acceptors (Lipinski definition) is 2. The molecule has 0 aliphatic heterocycles. The second kappa shape index (κ2) is 9.25. The number of rotatable bonds is 5. The average molecular weight is 484 g/mol. The van der Waals surface area contributed by atoms with Crippen molar-refractivity contribution in [1.82, 2.24) is 4.57 Å². The van der Waals surface area contributed by atoms with E-state index in [0.717, 1.165) is 32.2 Å². The Labute approximate surface area is 195 Å². The van der Waals surface area contributed by atoms with Crippen molar-refractivity contribution in [3.8, 4) is 6.07 Å². The van der Waals surface area contributed by atoms with E-state index in [1.165, 1.54) is 5.56 Å². The van der Waals surface area contributed by atoms with E-state index in [-0.39, 0.29) is 5.57 Å². The predicted octanol–water partition coefficient (Wildman–Crippen LogP) is 6.61. The van der Waals surface area contributed by atoms with Crippen molar-refractivity contribution < 1.29 is 4.79 Å². The second-order valence-corrected chi connectivity index (χ2v) is 8.58. The smallest absolute Gasteiger partial charge is 0.266 e. The standard InChI is InChI=1S/C27H22BrN3O/c1-18-7-3-5-9-25(18)30-27(32)21(16-29)15-24-19(2)31(26-10-6-4-8-23(24)26)17-20-11-13-22(28)14-12-20/h3-15H,17H2,1-2H3,(H,30,32)/b21-15-. The van der Waals surface area contributed by atoms with Crippen LogP contribution in [0.25, 0.3) is 17.0 Å². The zero-order valence-electron chi connectivity index (χ0n) is 17.9. The number of amides is 1. The topological polar surface area (TPSA) is 57.8 Å². The van der Waals surface area contributed by atoms with E-state index in [1.54, 1.807) is 6.08 Å². The molecule has 0 aliphatic rings. The largest absolute Gasteiger partial charge is 0.340 e. The van der Waals surface area contributed by atoms with Gasteiger partial charge in [0.1, 0.15) is 11.6 Å². The van der Waals surface area contributed by atoms with Crippen LogP contribution < -0.4 is 5.32 Å². The Kier molecular flexibility index (Phi) is 6.25. The molecule has 0 unspecified atom stereocenters. The van der Waals surface area contributed by atoms with Gasteiger partial charge in [-0.05, 0) is 55.3 Å². The molecule has 1 heterocycles. The van der Waals surface area contributed by atoms with Gasteiger partial charge in [0.15, 0.2) is 0 Å². The summed E-state index contributed by atoms with van der Waals surface area (Å²) in [5.74, 6) is -0.411. The summed E-state index contributed by atoms with van der Waals surface area (Å²) in [5.41, 5.74) is 5.84. The van der Waals surface area contributed by atoms with E-state index < -0.39 is 5.91 Å². The van der Waals surface area contributed by atoms with Crippen LogP contribution in [-0.4, -0.2) is 10.5 Å². The fraction of sp³-hybridized carbons (Fsp3) is 0.111. The van der Waals surface area contributed by atoms with Crippen LogP contribution >= 0.6 is 15.9 Å². The van der Waals surface area contributed by atoms with E-state index in [2.05, 4.69) is 50.1 Å². The predicted molar refractivity (Wildman–Crippen MR) is 133 cm³/mol. The first-order valence-electron chi connectivity index (χ1n) is 10.3. The normalized spacial score (nSPS) is 11.4. The van der Waals surface area contributed by atoms with E-state index in [1.807, 2.05) is 68.4 Å². The monoisotopic (exact) mass is 483 g/mol. The fourth-order valence-electron chi connectivity index (χ4n) is 3.81. The first-order chi connectivity index (χ1) is 15.5. The quantitative estimate of drug-likeness (QED) is 0.256. The van der Waals surface area contributed by atoms with Crippen LogP contribution in [0.5, 0.6) is 0 Å². The summed E-state index contributed by atoms with van der Waals surface area (Å²) in [7, 11) is 0. The first-order valence-corrected chi connectivity index (χ1v) is 11.1. The van der Waals surface area contributed by atoms with Gasteiger partial charge in [-0.2, -0.15) is 5.26 Å². The summed E-state index contributed by atoms with van der Waals surface area (Å²) in [6, 6.07) is 25.9. The van der Waals surface area contributed by atoms with Gasteiger partial charge in [-0.25, -0.2) is 0 Å². The Hall–Kier alpha value is -3.62. The second-order valence-electron chi connectivity index (χ2n) is 7.67. The molecule has 1 aromatic heterocycles. The van der Waals surface area contributed by atoms with Crippen molar-refractivity contribution >= 4 is 44.5 Å². The van der Waals surface area contributed by atoms with Crippen molar-refractivity contribution in [2.45, 2.75) is 20.4 Å². The van der Waals surface area contributed by atoms with Gasteiger partial charge >= 0.3 is 0 Å². The molecule has 3 aromatic carbocycles. The number of carbonyl (C=O) groups excluding carboxylic acids is 1. The summed E-state index contributed by atoms with van der Waals surface area (Å²) in [6.07, 6.45) is 1.70. The molecule has 0 radical (unpaired) electrons. The average Bonchev–Trinajstić information content (AvgIpc) is 3.06. The highest BCUT2D eigenvalue weighted by Gasteiger charge is 2.16. The van der Waals surface area contributed by atoms with Gasteiger partial charge in [0.25, 0.3) is 5.91 Å². The number of anilines is 1. The minimum absolute atomic E-state index is 0.0721. The molecule has 0 saturated carbocycles. The van der Waals surface area contributed by atoms with Crippen molar-refractivity contribution in [3.63, 3.8) is 0 Å². The number of aromatic nitrogens is 1. The Morgan fingerprint density at radius 2 is 1.72 bits per heavy atom. The minimum atomic E-state index is -0.411. The van der Waals surface area contributed by atoms with Gasteiger partial charge in [-0.3, -0.25) is 4.79 Å². The van der Waals surface area contributed by atoms with Gasteiger partial charge in [-0.15, -0.1) is 0 Å². The molecule has 0 atom stereocenters. The molecule has 0 saturated heterocycles. The lowest BCUT2D eigenvalue weighted by molar-refractivity contribution is -0.112. The van der Waals surface area contributed by atoms with Crippen molar-refractivity contribution in [3.05, 3.63) is 105 Å². The number of nitriles is 1. The lowest BCUT2D eigenvalue weighted by Crippen LogP contribution is -2.14. The molecule has 4 rings (SSSR count). The van der Waals surface area contributed by atoms with Crippen LogP contribution in [0, 0.1) is 25.2 Å². The number of halogens is 1. The maximum Gasteiger partial charge on any atom is 0.266 e. The van der Waals surface area contributed by atoms with Crippen molar-refractivity contribution in [2.75, 3.05) is 5.32 Å². The van der Waals surface area contributed by atoms with E-state index in [9.17, 15) is 10.1 Å². The summed E-state index contributed by atoms with van der Waals surface area (Å²) in [5, 5.41) is 13.6. The first kappa shape index (κ1) is 21.6. The maximum atomic E-state index is 12.9. The van der Waals surface area contributed by atoms with Gasteiger partial charge in [0.2, 0.25) is 0 Å². The molecule has 0 spiro atoms. The van der Waals surface area contributed by atoms with Crippen LogP contribution in [-0.2, 0) is 11.3 Å². The number of benzene rings is 3. The Balaban J connectivity index is 1.74. The molecule has 0 fully saturated rings. The fourth-order valence-corrected chi connectivity index (χ4v) is 4.08. The van der Waals surface area contributed by atoms with Gasteiger partial charge in [0.05, 0.1) is 0 Å². The molecule has 32 heavy (non-hydrogen) atoms. The zero-order chi connectivity index (χ0) is 22.7. The highest BCUT2D eigenvalue weighted by atomic mass is 79.9. The molecule has 1 amide bonds. The van der Waals surface area contributed by atoms with Crippen molar-refractivity contribution in [2.24, 2.45) is 0 Å². The Morgan fingerprint density at radius 3 is 2.44 bits per heavy atom. The molecule has 1 N–H and O–H groups in total. The molecule has 4 aromatic rings. The zero-order valence-corrected chi connectivity index (χ0v) is 19.5. The van der Waals surface area contributed by atoms with E-state index in [0.29, 0.717) is 12.2 Å². The van der Waals surface area contributed by atoms with Gasteiger partial charge in [0, 0.05) is 38.9 Å². The summed E-state index contributed by atoms with van der Waals surface area (Å²) >= 11 is 3.48. The number of para-hydroxylation sites is 2. The van der Waals surface area contributed by atoms with Crippen LogP contribution in [0.15, 0.2) is 82.8 Å². The minimum Gasteiger partial charge on any atom is -0.340 e. The number of fused-ring (bicyclic) bond motifs is 1. The lowest BCUT2D eigenvalue weighted by Gasteiger charge is -2.09. The molecule has 0 bridgehead atoms. The number of nitrogens with one attached hydrogen (secondary N) is 1. The molecular formula is C27H22BrN3O. The Bertz CT molecular complexity index is 1370. The number of carbonyl (C=O) groups is 1. The van der Waals surface area contributed by atoms with Crippen LogP contribution in [0.1, 0.15) is 22.4 Å². The molecular weight excluding hydrogens is 462 g/mol. The van der Waals surface area contributed by atoms with Gasteiger partial charge in [-0.1, -0.05) is 64.5 Å². The van der Waals surface area contributed by atoms with E-state index in [4.69, 9.17) is 0 Å². The summed E-state index contributed by atoms with van der Waals surface area (Å²) < 4.78 is 3.26. The van der Waals surface area contributed by atoms with Crippen LogP contribution in [0.2, 0.25) is 0 Å². The number of nitrogens with zero attached hydrogens (tertiary/aromatic N) is 2. The number of aryl methyl sites for hydroxylation is 1. The third kappa shape index (κ3) is 4.37. The van der Waals surface area contributed by atoms with Gasteiger partial charge < -0.3 is 9.88 Å². The SMILES string of the molecule is Cc1ccccc1NC(=O)/C(C#N)=C\c1c(C)n(Cc2ccc(Br)cc2)c2ccccc12. The van der Waals surface area contributed by atoms with Crippen LogP contribution in [0.3, 0.4) is 0 Å². The highest BCUT2D eigenvalue weighted by Crippen LogP contribution is 2.29. The van der Waals surface area contributed by atoms with E-state index >= 15 is 0 Å². The van der Waals surface area contributed by atoms with Crippen LogP contribution in [0.4, 0.5) is 5.69 Å². The molecule has 158 valence electrons. The molecule has 4 nitrogen and oxygen atoms in total. The molecule has 0 aliphatic carbocycles. The summed E-state index contributed by atoms with van der Waals surface area (Å²) in [6.45, 7) is 4.65. The maximum absolute atomic E-state index is 12.9. The summed E-state index contributed by atoms with van der Waals surface area (Å²) in [4.78, 5) is 12.9.